The lowest BCUT2D eigenvalue weighted by molar-refractivity contribution is 0.202. The maximum atomic E-state index is 5.65. The molecule has 3 heteroatoms. The Morgan fingerprint density at radius 1 is 1.22 bits per heavy atom. The summed E-state index contributed by atoms with van der Waals surface area (Å²) >= 11 is 3.46. The quantitative estimate of drug-likeness (QED) is 0.837. The van der Waals surface area contributed by atoms with Gasteiger partial charge in [0.05, 0.1) is 0 Å². The minimum Gasteiger partial charge on any atom is -0.330 e. The second kappa shape index (κ2) is 7.27. The minimum absolute atomic E-state index is 0.309. The zero-order chi connectivity index (χ0) is 13.6. The topological polar surface area (TPSA) is 29.3 Å². The molecule has 0 fully saturated rings. The molecule has 1 aromatic carbocycles. The van der Waals surface area contributed by atoms with Crippen molar-refractivity contribution < 1.29 is 0 Å². The van der Waals surface area contributed by atoms with Gasteiger partial charge in [0.2, 0.25) is 0 Å². The summed E-state index contributed by atoms with van der Waals surface area (Å²) in [7, 11) is 2.19. The van der Waals surface area contributed by atoms with E-state index >= 15 is 0 Å². The van der Waals surface area contributed by atoms with Crippen LogP contribution in [0.5, 0.6) is 0 Å². The summed E-state index contributed by atoms with van der Waals surface area (Å²) in [6.07, 6.45) is 2.18. The molecule has 0 saturated carbocycles. The van der Waals surface area contributed by atoms with Gasteiger partial charge in [0, 0.05) is 17.6 Å². The molecule has 102 valence electrons. The Labute approximate surface area is 120 Å². The van der Waals surface area contributed by atoms with Crippen LogP contribution in [0.3, 0.4) is 0 Å². The fourth-order valence-corrected chi connectivity index (χ4v) is 2.51. The molecule has 0 aliphatic carbocycles. The van der Waals surface area contributed by atoms with Gasteiger partial charge in [-0.25, -0.2) is 0 Å². The molecule has 0 saturated heterocycles. The molecule has 18 heavy (non-hydrogen) atoms. The summed E-state index contributed by atoms with van der Waals surface area (Å²) in [6, 6.07) is 8.58. The van der Waals surface area contributed by atoms with Crippen molar-refractivity contribution in [3.05, 3.63) is 34.3 Å². The van der Waals surface area contributed by atoms with Crippen LogP contribution in [0.15, 0.2) is 28.7 Å². The Morgan fingerprint density at radius 2 is 1.83 bits per heavy atom. The van der Waals surface area contributed by atoms with Gasteiger partial charge in [0.25, 0.3) is 0 Å². The zero-order valence-corrected chi connectivity index (χ0v) is 13.3. The van der Waals surface area contributed by atoms with Crippen LogP contribution in [0.25, 0.3) is 0 Å². The van der Waals surface area contributed by atoms with E-state index in [1.165, 1.54) is 5.56 Å². The third-order valence-electron chi connectivity index (χ3n) is 3.21. The summed E-state index contributed by atoms with van der Waals surface area (Å²) in [4.78, 5) is 2.40. The van der Waals surface area contributed by atoms with E-state index in [1.54, 1.807) is 0 Å². The number of likely N-dealkylation sites (N-methyl/N-ethyl adjacent to an activating group) is 1. The highest BCUT2D eigenvalue weighted by Crippen LogP contribution is 2.20. The molecular formula is C15H25BrN2. The first kappa shape index (κ1) is 15.7. The number of benzene rings is 1. The fourth-order valence-electron chi connectivity index (χ4n) is 2.25. The van der Waals surface area contributed by atoms with Crippen molar-refractivity contribution in [2.75, 3.05) is 26.7 Å². The van der Waals surface area contributed by atoms with Crippen LogP contribution >= 0.6 is 15.9 Å². The van der Waals surface area contributed by atoms with Crippen molar-refractivity contribution in [3.63, 3.8) is 0 Å². The van der Waals surface area contributed by atoms with Gasteiger partial charge in [0.1, 0.15) is 0 Å². The molecule has 0 spiro atoms. The summed E-state index contributed by atoms with van der Waals surface area (Å²) in [5.74, 6) is 0. The Balaban J connectivity index is 2.37. The lowest BCUT2D eigenvalue weighted by Crippen LogP contribution is -2.34. The van der Waals surface area contributed by atoms with Gasteiger partial charge in [0.15, 0.2) is 0 Å². The van der Waals surface area contributed by atoms with Crippen LogP contribution in [0.1, 0.15) is 25.8 Å². The van der Waals surface area contributed by atoms with E-state index in [1.807, 2.05) is 0 Å². The lowest BCUT2D eigenvalue weighted by Gasteiger charge is -2.30. The van der Waals surface area contributed by atoms with Crippen molar-refractivity contribution in [3.8, 4) is 0 Å². The third kappa shape index (κ3) is 5.98. The van der Waals surface area contributed by atoms with Crippen molar-refractivity contribution >= 4 is 15.9 Å². The molecule has 0 bridgehead atoms. The molecule has 0 aromatic heterocycles. The van der Waals surface area contributed by atoms with E-state index in [2.05, 4.69) is 66.0 Å². The Bertz CT molecular complexity index is 346. The highest BCUT2D eigenvalue weighted by Gasteiger charge is 2.18. The van der Waals surface area contributed by atoms with Gasteiger partial charge in [-0.1, -0.05) is 41.9 Å². The van der Waals surface area contributed by atoms with E-state index in [0.29, 0.717) is 5.41 Å². The summed E-state index contributed by atoms with van der Waals surface area (Å²) in [5, 5.41) is 0. The number of halogens is 1. The van der Waals surface area contributed by atoms with Gasteiger partial charge in [-0.15, -0.1) is 0 Å². The van der Waals surface area contributed by atoms with Crippen LogP contribution in [0.2, 0.25) is 0 Å². The summed E-state index contributed by atoms with van der Waals surface area (Å²) in [6.45, 7) is 7.54. The predicted molar refractivity (Wildman–Crippen MR) is 82.8 cm³/mol. The van der Waals surface area contributed by atoms with E-state index < -0.39 is 0 Å². The SMILES string of the molecule is CN(CCc1ccc(Br)cc1)CC(C)(C)CCN. The van der Waals surface area contributed by atoms with Gasteiger partial charge in [-0.05, 0) is 49.5 Å². The monoisotopic (exact) mass is 312 g/mol. The Morgan fingerprint density at radius 3 is 2.39 bits per heavy atom. The molecular weight excluding hydrogens is 288 g/mol. The number of hydrogen-bond donors (Lipinski definition) is 1. The smallest absolute Gasteiger partial charge is 0.0175 e. The van der Waals surface area contributed by atoms with Crippen molar-refractivity contribution in [2.24, 2.45) is 11.1 Å². The van der Waals surface area contributed by atoms with Gasteiger partial charge < -0.3 is 10.6 Å². The average Bonchev–Trinajstić information content (AvgIpc) is 2.27. The number of nitrogens with two attached hydrogens (primary N) is 1. The third-order valence-corrected chi connectivity index (χ3v) is 3.74. The van der Waals surface area contributed by atoms with Crippen LogP contribution in [0, 0.1) is 5.41 Å². The van der Waals surface area contributed by atoms with Gasteiger partial charge >= 0.3 is 0 Å². The van der Waals surface area contributed by atoms with E-state index in [4.69, 9.17) is 5.73 Å². The average molecular weight is 313 g/mol. The molecule has 0 atom stereocenters. The lowest BCUT2D eigenvalue weighted by atomic mass is 9.89. The fraction of sp³-hybridized carbons (Fsp3) is 0.600. The molecule has 0 unspecified atom stereocenters. The molecule has 2 nitrogen and oxygen atoms in total. The van der Waals surface area contributed by atoms with E-state index in [9.17, 15) is 0 Å². The highest BCUT2D eigenvalue weighted by molar-refractivity contribution is 9.10. The number of nitrogens with zero attached hydrogens (tertiary/aromatic N) is 1. The number of hydrogen-bond acceptors (Lipinski definition) is 2. The van der Waals surface area contributed by atoms with Crippen LogP contribution in [-0.4, -0.2) is 31.6 Å². The summed E-state index contributed by atoms with van der Waals surface area (Å²) in [5.41, 5.74) is 7.35. The first-order valence-corrected chi connectivity index (χ1v) is 7.35. The summed E-state index contributed by atoms with van der Waals surface area (Å²) < 4.78 is 1.14. The Kier molecular flexibility index (Phi) is 6.33. The second-order valence-corrected chi connectivity index (χ2v) is 6.73. The van der Waals surface area contributed by atoms with Crippen molar-refractivity contribution in [1.82, 2.24) is 4.90 Å². The van der Waals surface area contributed by atoms with E-state index in [0.717, 1.165) is 36.9 Å². The van der Waals surface area contributed by atoms with Crippen LogP contribution in [-0.2, 0) is 6.42 Å². The first-order valence-electron chi connectivity index (χ1n) is 6.56. The molecule has 0 radical (unpaired) electrons. The van der Waals surface area contributed by atoms with Crippen molar-refractivity contribution in [1.29, 1.82) is 0 Å². The zero-order valence-electron chi connectivity index (χ0n) is 11.7. The Hall–Kier alpha value is -0.380. The van der Waals surface area contributed by atoms with Crippen LogP contribution in [0.4, 0.5) is 0 Å². The van der Waals surface area contributed by atoms with Gasteiger partial charge in [-0.2, -0.15) is 0 Å². The molecule has 1 rings (SSSR count). The van der Waals surface area contributed by atoms with Gasteiger partial charge in [-0.3, -0.25) is 0 Å². The molecule has 2 N–H and O–H groups in total. The maximum Gasteiger partial charge on any atom is 0.0175 e. The predicted octanol–water partition coefficient (Wildman–Crippen LogP) is 3.30. The van der Waals surface area contributed by atoms with Crippen molar-refractivity contribution in [2.45, 2.75) is 26.7 Å². The first-order chi connectivity index (χ1) is 8.43. The number of rotatable bonds is 7. The minimum atomic E-state index is 0.309. The normalized spacial score (nSPS) is 12.1. The highest BCUT2D eigenvalue weighted by atomic mass is 79.9. The molecule has 1 aromatic rings. The molecule has 0 amide bonds. The maximum absolute atomic E-state index is 5.65. The molecule has 0 aliphatic heterocycles. The molecule has 0 aliphatic rings. The standard InChI is InChI=1S/C15H25BrN2/c1-15(2,9-10-17)12-18(3)11-8-13-4-6-14(16)7-5-13/h4-7H,8-12,17H2,1-3H3. The largest absolute Gasteiger partial charge is 0.330 e. The van der Waals surface area contributed by atoms with Crippen LogP contribution < -0.4 is 5.73 Å². The second-order valence-electron chi connectivity index (χ2n) is 5.82. The molecule has 0 heterocycles. The van der Waals surface area contributed by atoms with E-state index in [-0.39, 0.29) is 0 Å².